The minimum absolute atomic E-state index is 0.0492. The molecule has 20 heavy (non-hydrogen) atoms. The molecular weight excluding hydrogens is 319 g/mol. The predicted octanol–water partition coefficient (Wildman–Crippen LogP) is 4.24. The zero-order chi connectivity index (χ0) is 14.7. The van der Waals surface area contributed by atoms with Crippen molar-refractivity contribution < 1.29 is 4.39 Å². The standard InChI is InChI=1S/C16H18BrFN2/c1-11(14-5-3-4-6-16(14)18)20(2)13-8-7-12(10-19)15(17)9-13/h3-9,11H,10,19H2,1-2H3. The second kappa shape index (κ2) is 6.37. The van der Waals surface area contributed by atoms with Gasteiger partial charge >= 0.3 is 0 Å². The first-order valence-electron chi connectivity index (χ1n) is 6.50. The van der Waals surface area contributed by atoms with Gasteiger partial charge in [-0.05, 0) is 30.7 Å². The smallest absolute Gasteiger partial charge is 0.128 e. The van der Waals surface area contributed by atoms with Crippen LogP contribution in [0.15, 0.2) is 46.9 Å². The molecule has 0 amide bonds. The minimum atomic E-state index is -0.176. The minimum Gasteiger partial charge on any atom is -0.368 e. The lowest BCUT2D eigenvalue weighted by Gasteiger charge is -2.28. The topological polar surface area (TPSA) is 29.3 Å². The van der Waals surface area contributed by atoms with Gasteiger partial charge in [0.25, 0.3) is 0 Å². The largest absolute Gasteiger partial charge is 0.368 e. The third kappa shape index (κ3) is 3.02. The van der Waals surface area contributed by atoms with Crippen molar-refractivity contribution >= 4 is 21.6 Å². The van der Waals surface area contributed by atoms with E-state index in [0.717, 1.165) is 15.7 Å². The second-order valence-electron chi connectivity index (χ2n) is 4.79. The van der Waals surface area contributed by atoms with E-state index >= 15 is 0 Å². The van der Waals surface area contributed by atoms with Gasteiger partial charge in [0.15, 0.2) is 0 Å². The van der Waals surface area contributed by atoms with Crippen LogP contribution in [0.4, 0.5) is 10.1 Å². The summed E-state index contributed by atoms with van der Waals surface area (Å²) in [5.41, 5.74) is 8.42. The highest BCUT2D eigenvalue weighted by molar-refractivity contribution is 9.10. The van der Waals surface area contributed by atoms with E-state index in [-0.39, 0.29) is 11.9 Å². The van der Waals surface area contributed by atoms with Crippen molar-refractivity contribution in [1.82, 2.24) is 0 Å². The fourth-order valence-corrected chi connectivity index (χ4v) is 2.70. The maximum absolute atomic E-state index is 13.9. The third-order valence-electron chi connectivity index (χ3n) is 3.60. The summed E-state index contributed by atoms with van der Waals surface area (Å²) in [6.07, 6.45) is 0. The maximum atomic E-state index is 13.9. The highest BCUT2D eigenvalue weighted by Crippen LogP contribution is 2.30. The number of nitrogens with two attached hydrogens (primary N) is 1. The van der Waals surface area contributed by atoms with Crippen LogP contribution in [0.3, 0.4) is 0 Å². The van der Waals surface area contributed by atoms with E-state index in [2.05, 4.69) is 15.9 Å². The Morgan fingerprint density at radius 2 is 1.95 bits per heavy atom. The number of rotatable bonds is 4. The van der Waals surface area contributed by atoms with E-state index in [4.69, 9.17) is 5.73 Å². The molecule has 2 nitrogen and oxygen atoms in total. The van der Waals surface area contributed by atoms with E-state index in [0.29, 0.717) is 12.1 Å². The lowest BCUT2D eigenvalue weighted by atomic mass is 10.1. The van der Waals surface area contributed by atoms with Crippen LogP contribution in [0.2, 0.25) is 0 Å². The SMILES string of the molecule is CC(c1ccccc1F)N(C)c1ccc(CN)c(Br)c1. The van der Waals surface area contributed by atoms with Gasteiger partial charge in [-0.1, -0.05) is 40.2 Å². The van der Waals surface area contributed by atoms with E-state index < -0.39 is 0 Å². The van der Waals surface area contributed by atoms with Gasteiger partial charge in [-0.15, -0.1) is 0 Å². The van der Waals surface area contributed by atoms with E-state index in [1.807, 2.05) is 49.2 Å². The van der Waals surface area contributed by atoms with Gasteiger partial charge in [0.2, 0.25) is 0 Å². The Morgan fingerprint density at radius 3 is 2.55 bits per heavy atom. The molecule has 0 bridgehead atoms. The summed E-state index contributed by atoms with van der Waals surface area (Å²) in [6, 6.07) is 12.8. The fraction of sp³-hybridized carbons (Fsp3) is 0.250. The Balaban J connectivity index is 2.29. The normalized spacial score (nSPS) is 12.2. The summed E-state index contributed by atoms with van der Waals surface area (Å²) < 4.78 is 14.8. The molecule has 0 aromatic heterocycles. The van der Waals surface area contributed by atoms with Gasteiger partial charge < -0.3 is 10.6 Å². The lowest BCUT2D eigenvalue weighted by Crippen LogP contribution is -2.22. The molecule has 0 aliphatic carbocycles. The lowest BCUT2D eigenvalue weighted by molar-refractivity contribution is 0.585. The van der Waals surface area contributed by atoms with Crippen LogP contribution in [0.25, 0.3) is 0 Å². The molecule has 2 N–H and O–H groups in total. The van der Waals surface area contributed by atoms with Gasteiger partial charge in [-0.3, -0.25) is 0 Å². The Bertz CT molecular complexity index is 601. The first-order valence-corrected chi connectivity index (χ1v) is 7.29. The zero-order valence-corrected chi connectivity index (χ0v) is 13.2. The molecule has 0 spiro atoms. The predicted molar refractivity (Wildman–Crippen MR) is 85.3 cm³/mol. The monoisotopic (exact) mass is 336 g/mol. The summed E-state index contributed by atoms with van der Waals surface area (Å²) in [5.74, 6) is -0.176. The Kier molecular flexibility index (Phi) is 4.78. The molecule has 2 aromatic carbocycles. The van der Waals surface area contributed by atoms with Crippen molar-refractivity contribution in [3.63, 3.8) is 0 Å². The van der Waals surface area contributed by atoms with Crippen LogP contribution >= 0.6 is 15.9 Å². The van der Waals surface area contributed by atoms with Crippen molar-refractivity contribution in [3.8, 4) is 0 Å². The number of halogens is 2. The van der Waals surface area contributed by atoms with Gasteiger partial charge in [0.05, 0.1) is 6.04 Å². The molecule has 106 valence electrons. The molecule has 0 aliphatic rings. The molecular formula is C16H18BrFN2. The molecule has 2 rings (SSSR count). The second-order valence-corrected chi connectivity index (χ2v) is 5.64. The first kappa shape index (κ1) is 15.0. The number of anilines is 1. The maximum Gasteiger partial charge on any atom is 0.128 e. The highest BCUT2D eigenvalue weighted by atomic mass is 79.9. The molecule has 2 aromatic rings. The average Bonchev–Trinajstić information content (AvgIpc) is 2.46. The zero-order valence-electron chi connectivity index (χ0n) is 11.6. The van der Waals surface area contributed by atoms with Crippen molar-refractivity contribution in [3.05, 3.63) is 63.9 Å². The summed E-state index contributed by atoms with van der Waals surface area (Å²) in [5, 5.41) is 0. The number of hydrogen-bond donors (Lipinski definition) is 1. The Hall–Kier alpha value is -1.39. The van der Waals surface area contributed by atoms with Gasteiger partial charge in [-0.2, -0.15) is 0 Å². The van der Waals surface area contributed by atoms with E-state index in [9.17, 15) is 4.39 Å². The molecule has 0 fully saturated rings. The molecule has 1 unspecified atom stereocenters. The van der Waals surface area contributed by atoms with Crippen LogP contribution < -0.4 is 10.6 Å². The number of hydrogen-bond acceptors (Lipinski definition) is 2. The first-order chi connectivity index (χ1) is 9.54. The van der Waals surface area contributed by atoms with Gasteiger partial charge in [0, 0.05) is 29.3 Å². The summed E-state index contributed by atoms with van der Waals surface area (Å²) >= 11 is 3.51. The molecule has 0 saturated heterocycles. The van der Waals surface area contributed by atoms with Crippen LogP contribution in [0.5, 0.6) is 0 Å². The van der Waals surface area contributed by atoms with Crippen LogP contribution in [-0.2, 0) is 6.54 Å². The highest BCUT2D eigenvalue weighted by Gasteiger charge is 2.16. The molecule has 0 saturated carbocycles. The summed E-state index contributed by atoms with van der Waals surface area (Å²) in [7, 11) is 1.96. The van der Waals surface area contributed by atoms with Crippen LogP contribution in [-0.4, -0.2) is 7.05 Å². The molecule has 4 heteroatoms. The molecule has 0 heterocycles. The van der Waals surface area contributed by atoms with Crippen molar-refractivity contribution in [1.29, 1.82) is 0 Å². The molecule has 0 aliphatic heterocycles. The van der Waals surface area contributed by atoms with E-state index in [1.165, 1.54) is 6.07 Å². The van der Waals surface area contributed by atoms with Gasteiger partial charge in [0.1, 0.15) is 5.82 Å². The fourth-order valence-electron chi connectivity index (χ4n) is 2.17. The average molecular weight is 337 g/mol. The Labute approximate surface area is 127 Å². The van der Waals surface area contributed by atoms with E-state index in [1.54, 1.807) is 6.07 Å². The van der Waals surface area contributed by atoms with Crippen molar-refractivity contribution in [2.45, 2.75) is 19.5 Å². The van der Waals surface area contributed by atoms with Crippen molar-refractivity contribution in [2.24, 2.45) is 5.73 Å². The number of nitrogens with zero attached hydrogens (tertiary/aromatic N) is 1. The molecule has 0 radical (unpaired) electrons. The van der Waals surface area contributed by atoms with Gasteiger partial charge in [-0.25, -0.2) is 4.39 Å². The number of benzene rings is 2. The summed E-state index contributed by atoms with van der Waals surface area (Å²) in [4.78, 5) is 2.05. The van der Waals surface area contributed by atoms with Crippen LogP contribution in [0, 0.1) is 5.82 Å². The van der Waals surface area contributed by atoms with Crippen molar-refractivity contribution in [2.75, 3.05) is 11.9 Å². The third-order valence-corrected chi connectivity index (χ3v) is 4.34. The molecule has 1 atom stereocenters. The Morgan fingerprint density at radius 1 is 1.25 bits per heavy atom. The summed E-state index contributed by atoms with van der Waals surface area (Å²) in [6.45, 7) is 2.48. The van der Waals surface area contributed by atoms with Crippen LogP contribution in [0.1, 0.15) is 24.1 Å². The quantitative estimate of drug-likeness (QED) is 0.904.